The molecule has 1 amide bonds. The van der Waals surface area contributed by atoms with Gasteiger partial charge in [-0.2, -0.15) is 9.97 Å². The van der Waals surface area contributed by atoms with E-state index in [0.29, 0.717) is 49.0 Å². The quantitative estimate of drug-likeness (QED) is 0.278. The smallest absolute Gasteiger partial charge is 0.318 e. The summed E-state index contributed by atoms with van der Waals surface area (Å²) in [5.41, 5.74) is 2.68. The number of carbonyl (C=O) groups excluding carboxylic acids is 1. The monoisotopic (exact) mass is 604 g/mol. The minimum absolute atomic E-state index is 0.0422. The third kappa shape index (κ3) is 5.90. The van der Waals surface area contributed by atoms with Crippen molar-refractivity contribution in [1.82, 2.24) is 19.8 Å². The first kappa shape index (κ1) is 29.3. The molecule has 3 aromatic rings. The van der Waals surface area contributed by atoms with Gasteiger partial charge in [0.25, 0.3) is 5.91 Å². The van der Waals surface area contributed by atoms with Crippen LogP contribution in [0.25, 0.3) is 15.6 Å². The van der Waals surface area contributed by atoms with Crippen molar-refractivity contribution in [1.29, 1.82) is 0 Å². The van der Waals surface area contributed by atoms with Gasteiger partial charge in [0.2, 0.25) is 6.54 Å². The van der Waals surface area contributed by atoms with Crippen LogP contribution in [0, 0.1) is 6.57 Å². The second-order valence-corrected chi connectivity index (χ2v) is 11.8. The lowest BCUT2D eigenvalue weighted by atomic mass is 9.94. The summed E-state index contributed by atoms with van der Waals surface area (Å²) in [5, 5.41) is 2.68. The zero-order valence-corrected chi connectivity index (χ0v) is 24.9. The molecule has 3 aliphatic rings. The highest BCUT2D eigenvalue weighted by Gasteiger charge is 2.37. The third-order valence-electron chi connectivity index (χ3n) is 8.74. The Kier molecular flexibility index (Phi) is 8.48. The first-order valence-electron chi connectivity index (χ1n) is 14.6. The molecule has 1 unspecified atom stereocenters. The minimum atomic E-state index is -1.02. The van der Waals surface area contributed by atoms with Gasteiger partial charge in [-0.05, 0) is 43.5 Å². The largest absolute Gasteiger partial charge is 0.462 e. The van der Waals surface area contributed by atoms with E-state index >= 15 is 0 Å². The molecule has 0 bridgehead atoms. The van der Waals surface area contributed by atoms with Gasteiger partial charge in [0.1, 0.15) is 18.5 Å². The summed E-state index contributed by atoms with van der Waals surface area (Å²) in [4.78, 5) is 31.5. The van der Waals surface area contributed by atoms with Gasteiger partial charge in [-0.3, -0.25) is 4.79 Å². The normalized spacial score (nSPS) is 22.3. The maximum absolute atomic E-state index is 13.8. The van der Waals surface area contributed by atoms with Crippen molar-refractivity contribution in [2.75, 3.05) is 51.3 Å². The maximum Gasteiger partial charge on any atom is 0.318 e. The van der Waals surface area contributed by atoms with E-state index in [9.17, 15) is 9.18 Å². The number of carbonyl (C=O) groups is 1. The van der Waals surface area contributed by atoms with Crippen LogP contribution in [0.5, 0.6) is 6.01 Å². The zero-order chi connectivity index (χ0) is 30.1. The van der Waals surface area contributed by atoms with E-state index in [-0.39, 0.29) is 25.8 Å². The molecule has 3 atom stereocenters. The number of anilines is 1. The van der Waals surface area contributed by atoms with Crippen LogP contribution in [-0.2, 0) is 22.6 Å². The molecule has 0 aliphatic carbocycles. The number of hydrogen-bond acceptors (Lipinski definition) is 7. The molecule has 43 heavy (non-hydrogen) atoms. The molecule has 1 aromatic heterocycles. The van der Waals surface area contributed by atoms with E-state index < -0.39 is 17.8 Å². The van der Waals surface area contributed by atoms with Crippen molar-refractivity contribution in [3.63, 3.8) is 0 Å². The van der Waals surface area contributed by atoms with Gasteiger partial charge in [-0.25, -0.2) is 11.0 Å². The standard InChI is InChI=1S/C32H34ClFN6O3/c1-20(34)31(41)40-14-13-39(17-23(40)16-35-2)30-25-19-42-28(24-10-4-7-21-8-5-11-26(33)29(21)24)15-27(25)36-32(37-30)43-18-22-9-6-12-38(22)3/h4-5,7-8,10-11,22-23,28H,1,6,9,12-19H2,3H3/t22-,23+,28?/m1/s1. The van der Waals surface area contributed by atoms with E-state index in [1.54, 1.807) is 0 Å². The Morgan fingerprint density at radius 3 is 2.77 bits per heavy atom. The van der Waals surface area contributed by atoms with Crippen LogP contribution in [0.4, 0.5) is 10.2 Å². The van der Waals surface area contributed by atoms with Gasteiger partial charge in [0.05, 0.1) is 18.4 Å². The van der Waals surface area contributed by atoms with Crippen LogP contribution in [-0.4, -0.2) is 84.1 Å². The average Bonchev–Trinajstić information content (AvgIpc) is 3.43. The van der Waals surface area contributed by atoms with Crippen LogP contribution in [0.1, 0.15) is 35.8 Å². The molecule has 0 saturated carbocycles. The number of likely N-dealkylation sites (N-methyl/N-ethyl adjacent to an activating group) is 1. The lowest BCUT2D eigenvalue weighted by Gasteiger charge is -2.40. The summed E-state index contributed by atoms with van der Waals surface area (Å²) < 4.78 is 26.5. The molecular formula is C32H34ClFN6O3. The highest BCUT2D eigenvalue weighted by molar-refractivity contribution is 6.35. The van der Waals surface area contributed by atoms with E-state index in [4.69, 9.17) is 37.6 Å². The fourth-order valence-electron chi connectivity index (χ4n) is 6.44. The SMILES string of the molecule is [C-]#[N+]C[C@H]1CN(c2nc(OC[C@H]3CCCN3C)nc3c2COC(c2cccc4cccc(Cl)c24)C3)CCN1C(=O)C(=C)F. The lowest BCUT2D eigenvalue weighted by Crippen LogP contribution is -2.57. The Morgan fingerprint density at radius 2 is 2.02 bits per heavy atom. The van der Waals surface area contributed by atoms with E-state index in [1.807, 2.05) is 41.3 Å². The Balaban J connectivity index is 1.34. The molecule has 0 N–H and O–H groups in total. The number of nitrogens with zero attached hydrogens (tertiary/aromatic N) is 6. The molecule has 9 nitrogen and oxygen atoms in total. The fourth-order valence-corrected chi connectivity index (χ4v) is 6.73. The van der Waals surface area contributed by atoms with Gasteiger partial charge in [0, 0.05) is 48.1 Å². The number of likely N-dealkylation sites (tertiary alicyclic amines) is 1. The molecule has 6 rings (SSSR count). The predicted molar refractivity (Wildman–Crippen MR) is 163 cm³/mol. The number of rotatable bonds is 7. The molecule has 0 spiro atoms. The van der Waals surface area contributed by atoms with Crippen LogP contribution >= 0.6 is 11.6 Å². The molecule has 2 saturated heterocycles. The van der Waals surface area contributed by atoms with Crippen LogP contribution in [0.3, 0.4) is 0 Å². The average molecular weight is 605 g/mol. The van der Waals surface area contributed by atoms with Crippen molar-refractivity contribution < 1.29 is 18.7 Å². The second kappa shape index (κ2) is 12.4. The second-order valence-electron chi connectivity index (χ2n) is 11.4. The van der Waals surface area contributed by atoms with Crippen LogP contribution in [0.2, 0.25) is 5.02 Å². The summed E-state index contributed by atoms with van der Waals surface area (Å²) in [7, 11) is 2.10. The topological polar surface area (TPSA) is 75.4 Å². The minimum Gasteiger partial charge on any atom is -0.462 e. The van der Waals surface area contributed by atoms with Gasteiger partial charge in [-0.1, -0.05) is 48.5 Å². The molecule has 2 aromatic carbocycles. The zero-order valence-electron chi connectivity index (χ0n) is 24.1. The van der Waals surface area contributed by atoms with Gasteiger partial charge in [-0.15, -0.1) is 0 Å². The van der Waals surface area contributed by atoms with Crippen LogP contribution < -0.4 is 9.64 Å². The molecule has 0 radical (unpaired) electrons. The first-order valence-corrected chi connectivity index (χ1v) is 15.0. The van der Waals surface area contributed by atoms with Gasteiger partial charge in [0.15, 0.2) is 5.83 Å². The van der Waals surface area contributed by atoms with Gasteiger partial charge >= 0.3 is 6.01 Å². The summed E-state index contributed by atoms with van der Waals surface area (Å²) in [5.74, 6) is -1.14. The van der Waals surface area contributed by atoms with Crippen molar-refractivity contribution in [2.45, 2.75) is 44.1 Å². The fraction of sp³-hybridized carbons (Fsp3) is 0.438. The van der Waals surface area contributed by atoms with Crippen molar-refractivity contribution >= 4 is 34.1 Å². The number of hydrogen-bond donors (Lipinski definition) is 0. The molecule has 11 heteroatoms. The lowest BCUT2D eigenvalue weighted by molar-refractivity contribution is -0.131. The number of halogens is 2. The molecular weight excluding hydrogens is 571 g/mol. The predicted octanol–water partition coefficient (Wildman–Crippen LogP) is 4.99. The third-order valence-corrected chi connectivity index (χ3v) is 9.06. The highest BCUT2D eigenvalue weighted by atomic mass is 35.5. The number of fused-ring (bicyclic) bond motifs is 2. The summed E-state index contributed by atoms with van der Waals surface area (Å²) in [6.07, 6.45) is 2.41. The number of ether oxygens (including phenoxy) is 2. The van der Waals surface area contributed by atoms with E-state index in [2.05, 4.69) is 23.4 Å². The van der Waals surface area contributed by atoms with Crippen LogP contribution in [0.15, 0.2) is 48.8 Å². The number of benzene rings is 2. The highest BCUT2D eigenvalue weighted by Crippen LogP contribution is 2.39. The maximum atomic E-state index is 13.8. The summed E-state index contributed by atoms with van der Waals surface area (Å²) in [6.45, 7) is 13.4. The van der Waals surface area contributed by atoms with Gasteiger partial charge < -0.3 is 29.0 Å². The number of piperazine rings is 1. The first-order chi connectivity index (χ1) is 20.8. The van der Waals surface area contributed by atoms with E-state index in [0.717, 1.165) is 47.0 Å². The number of amides is 1. The summed E-state index contributed by atoms with van der Waals surface area (Å²) in [6, 6.07) is 12.0. The Morgan fingerprint density at radius 1 is 1.21 bits per heavy atom. The Hall–Kier alpha value is -3.78. The molecule has 3 aliphatic heterocycles. The molecule has 4 heterocycles. The molecule has 2 fully saturated rings. The van der Waals surface area contributed by atoms with Crippen molar-refractivity contribution in [3.8, 4) is 6.01 Å². The Labute approximate surface area is 255 Å². The molecule has 224 valence electrons. The van der Waals surface area contributed by atoms with Crippen molar-refractivity contribution in [3.05, 3.63) is 82.1 Å². The summed E-state index contributed by atoms with van der Waals surface area (Å²) >= 11 is 6.65. The Bertz CT molecular complexity index is 1590. The van der Waals surface area contributed by atoms with Crippen molar-refractivity contribution in [2.24, 2.45) is 0 Å². The number of aromatic nitrogens is 2. The van der Waals surface area contributed by atoms with E-state index in [1.165, 1.54) is 4.90 Å².